The SMILES string of the molecule is Nc1cnc2c(cnn2C2CCCCCC2)c1. The van der Waals surface area contributed by atoms with Gasteiger partial charge < -0.3 is 5.73 Å². The zero-order chi connectivity index (χ0) is 11.7. The Hall–Kier alpha value is -1.58. The van der Waals surface area contributed by atoms with Crippen LogP contribution < -0.4 is 5.73 Å². The van der Waals surface area contributed by atoms with E-state index in [4.69, 9.17) is 5.73 Å². The smallest absolute Gasteiger partial charge is 0.158 e. The van der Waals surface area contributed by atoms with E-state index in [1.807, 2.05) is 12.3 Å². The predicted molar refractivity (Wildman–Crippen MR) is 68.7 cm³/mol. The highest BCUT2D eigenvalue weighted by Crippen LogP contribution is 2.29. The van der Waals surface area contributed by atoms with E-state index in [2.05, 4.69) is 14.8 Å². The summed E-state index contributed by atoms with van der Waals surface area (Å²) in [5.74, 6) is 0. The van der Waals surface area contributed by atoms with Crippen molar-refractivity contribution in [3.8, 4) is 0 Å². The highest BCUT2D eigenvalue weighted by Gasteiger charge is 2.17. The Morgan fingerprint density at radius 1 is 1.12 bits per heavy atom. The van der Waals surface area contributed by atoms with Crippen molar-refractivity contribution >= 4 is 16.7 Å². The molecule has 0 bridgehead atoms. The summed E-state index contributed by atoms with van der Waals surface area (Å²) >= 11 is 0. The van der Waals surface area contributed by atoms with E-state index in [0.29, 0.717) is 11.7 Å². The Morgan fingerprint density at radius 2 is 1.88 bits per heavy atom. The molecule has 2 N–H and O–H groups in total. The number of nitrogens with two attached hydrogens (primary N) is 1. The monoisotopic (exact) mass is 230 g/mol. The van der Waals surface area contributed by atoms with Crippen molar-refractivity contribution in [1.29, 1.82) is 0 Å². The summed E-state index contributed by atoms with van der Waals surface area (Å²) in [7, 11) is 0. The Bertz CT molecular complexity index is 509. The van der Waals surface area contributed by atoms with E-state index in [1.165, 1.54) is 38.5 Å². The molecule has 2 aromatic heterocycles. The fraction of sp³-hybridized carbons (Fsp3) is 0.538. The van der Waals surface area contributed by atoms with Gasteiger partial charge in [-0.2, -0.15) is 5.10 Å². The Balaban J connectivity index is 1.98. The number of aromatic nitrogens is 3. The van der Waals surface area contributed by atoms with Gasteiger partial charge in [-0.3, -0.25) is 0 Å². The summed E-state index contributed by atoms with van der Waals surface area (Å²) in [6.07, 6.45) is 11.4. The molecule has 17 heavy (non-hydrogen) atoms. The molecule has 0 unspecified atom stereocenters. The van der Waals surface area contributed by atoms with Gasteiger partial charge in [0.05, 0.1) is 24.1 Å². The first-order valence-electron chi connectivity index (χ1n) is 6.43. The third kappa shape index (κ3) is 1.99. The maximum atomic E-state index is 5.74. The summed E-state index contributed by atoms with van der Waals surface area (Å²) < 4.78 is 2.10. The third-order valence-electron chi connectivity index (χ3n) is 3.63. The molecule has 0 aromatic carbocycles. The fourth-order valence-corrected chi connectivity index (χ4v) is 2.73. The molecule has 0 saturated heterocycles. The van der Waals surface area contributed by atoms with Crippen molar-refractivity contribution in [3.63, 3.8) is 0 Å². The Morgan fingerprint density at radius 3 is 2.65 bits per heavy atom. The molecule has 0 amide bonds. The molecule has 2 heterocycles. The largest absolute Gasteiger partial charge is 0.397 e. The minimum Gasteiger partial charge on any atom is -0.397 e. The van der Waals surface area contributed by atoms with Crippen LogP contribution in [0.3, 0.4) is 0 Å². The average Bonchev–Trinajstić information content (AvgIpc) is 2.57. The lowest BCUT2D eigenvalue weighted by Crippen LogP contribution is -2.10. The maximum absolute atomic E-state index is 5.74. The molecule has 90 valence electrons. The fourth-order valence-electron chi connectivity index (χ4n) is 2.73. The van der Waals surface area contributed by atoms with Gasteiger partial charge in [0, 0.05) is 5.39 Å². The van der Waals surface area contributed by atoms with Crippen molar-refractivity contribution in [2.75, 3.05) is 5.73 Å². The third-order valence-corrected chi connectivity index (χ3v) is 3.63. The Kier molecular flexibility index (Phi) is 2.71. The number of nitrogens with zero attached hydrogens (tertiary/aromatic N) is 3. The topological polar surface area (TPSA) is 56.7 Å². The molecule has 1 aliphatic rings. The molecule has 4 nitrogen and oxygen atoms in total. The molecule has 1 saturated carbocycles. The average molecular weight is 230 g/mol. The van der Waals surface area contributed by atoms with Crippen LogP contribution in [0.15, 0.2) is 18.5 Å². The van der Waals surface area contributed by atoms with Gasteiger partial charge in [-0.25, -0.2) is 9.67 Å². The highest BCUT2D eigenvalue weighted by atomic mass is 15.3. The zero-order valence-electron chi connectivity index (χ0n) is 9.97. The van der Waals surface area contributed by atoms with Crippen LogP contribution in [-0.4, -0.2) is 14.8 Å². The lowest BCUT2D eigenvalue weighted by Gasteiger charge is -2.15. The summed E-state index contributed by atoms with van der Waals surface area (Å²) in [5, 5.41) is 5.55. The van der Waals surface area contributed by atoms with E-state index < -0.39 is 0 Å². The normalized spacial score (nSPS) is 18.4. The molecular weight excluding hydrogens is 212 g/mol. The van der Waals surface area contributed by atoms with Crippen LogP contribution in [0.4, 0.5) is 5.69 Å². The number of fused-ring (bicyclic) bond motifs is 1. The summed E-state index contributed by atoms with van der Waals surface area (Å²) in [5.41, 5.74) is 7.42. The minimum absolute atomic E-state index is 0.520. The quantitative estimate of drug-likeness (QED) is 0.766. The summed E-state index contributed by atoms with van der Waals surface area (Å²) in [6.45, 7) is 0. The van der Waals surface area contributed by atoms with Gasteiger partial charge in [0.15, 0.2) is 5.65 Å². The molecule has 4 heteroatoms. The first-order chi connectivity index (χ1) is 8.34. The molecule has 1 aliphatic carbocycles. The van der Waals surface area contributed by atoms with Crippen molar-refractivity contribution in [1.82, 2.24) is 14.8 Å². The van der Waals surface area contributed by atoms with Crippen molar-refractivity contribution in [2.45, 2.75) is 44.6 Å². The standard InChI is InChI=1S/C13H18N4/c14-11-7-10-8-16-17(13(10)15-9-11)12-5-3-1-2-4-6-12/h7-9,12H,1-6,14H2. The highest BCUT2D eigenvalue weighted by molar-refractivity contribution is 5.77. The first-order valence-corrected chi connectivity index (χ1v) is 6.43. The molecule has 0 aliphatic heterocycles. The van der Waals surface area contributed by atoms with Gasteiger partial charge in [0.25, 0.3) is 0 Å². The number of rotatable bonds is 1. The van der Waals surface area contributed by atoms with E-state index >= 15 is 0 Å². The van der Waals surface area contributed by atoms with E-state index in [9.17, 15) is 0 Å². The van der Waals surface area contributed by atoms with Gasteiger partial charge in [0.2, 0.25) is 0 Å². The van der Waals surface area contributed by atoms with Crippen LogP contribution in [0.2, 0.25) is 0 Å². The van der Waals surface area contributed by atoms with Crippen molar-refractivity contribution in [2.24, 2.45) is 0 Å². The van der Waals surface area contributed by atoms with Crippen LogP contribution in [0.1, 0.15) is 44.6 Å². The number of pyridine rings is 1. The van der Waals surface area contributed by atoms with Crippen molar-refractivity contribution in [3.05, 3.63) is 18.5 Å². The molecule has 2 aromatic rings. The number of hydrogen-bond acceptors (Lipinski definition) is 3. The predicted octanol–water partition coefficient (Wildman–Crippen LogP) is 2.91. The van der Waals surface area contributed by atoms with E-state index in [1.54, 1.807) is 6.20 Å². The van der Waals surface area contributed by atoms with Crippen LogP contribution >= 0.6 is 0 Å². The minimum atomic E-state index is 0.520. The van der Waals surface area contributed by atoms with Crippen LogP contribution in [0.5, 0.6) is 0 Å². The van der Waals surface area contributed by atoms with Gasteiger partial charge in [0.1, 0.15) is 0 Å². The van der Waals surface area contributed by atoms with E-state index in [0.717, 1.165) is 11.0 Å². The molecule has 0 atom stereocenters. The van der Waals surface area contributed by atoms with Crippen LogP contribution in [-0.2, 0) is 0 Å². The number of nitrogen functional groups attached to an aromatic ring is 1. The maximum Gasteiger partial charge on any atom is 0.158 e. The zero-order valence-corrected chi connectivity index (χ0v) is 9.97. The lowest BCUT2D eigenvalue weighted by atomic mass is 10.1. The molecule has 0 radical (unpaired) electrons. The lowest BCUT2D eigenvalue weighted by molar-refractivity contribution is 0.415. The molecule has 0 spiro atoms. The second-order valence-electron chi connectivity index (χ2n) is 4.92. The van der Waals surface area contributed by atoms with Crippen molar-refractivity contribution < 1.29 is 0 Å². The first kappa shape index (κ1) is 10.6. The molecule has 1 fully saturated rings. The second-order valence-corrected chi connectivity index (χ2v) is 4.92. The van der Waals surface area contributed by atoms with Crippen LogP contribution in [0.25, 0.3) is 11.0 Å². The van der Waals surface area contributed by atoms with E-state index in [-0.39, 0.29) is 0 Å². The number of hydrogen-bond donors (Lipinski definition) is 1. The summed E-state index contributed by atoms with van der Waals surface area (Å²) in [6, 6.07) is 2.47. The molecular formula is C13H18N4. The van der Waals surface area contributed by atoms with Gasteiger partial charge in [-0.15, -0.1) is 0 Å². The van der Waals surface area contributed by atoms with Gasteiger partial charge in [-0.05, 0) is 18.9 Å². The molecule has 3 rings (SSSR count). The van der Waals surface area contributed by atoms with Gasteiger partial charge >= 0.3 is 0 Å². The summed E-state index contributed by atoms with van der Waals surface area (Å²) in [4.78, 5) is 4.42. The Labute approximate surface area is 101 Å². The second kappa shape index (κ2) is 4.35. The number of anilines is 1. The van der Waals surface area contributed by atoms with Gasteiger partial charge in [-0.1, -0.05) is 25.7 Å². The van der Waals surface area contributed by atoms with Crippen LogP contribution in [0, 0.1) is 0 Å².